The molecular weight excluding hydrogens is 498 g/mol. The molecule has 0 radical (unpaired) electrons. The summed E-state index contributed by atoms with van der Waals surface area (Å²) in [6.07, 6.45) is -9.86. The quantitative estimate of drug-likeness (QED) is 0.473. The average Bonchev–Trinajstić information content (AvgIpc) is 2.80. The molecule has 0 fully saturated rings. The van der Waals surface area contributed by atoms with Gasteiger partial charge in [0.15, 0.2) is 0 Å². The molecule has 4 rings (SSSR count). The van der Waals surface area contributed by atoms with Crippen molar-refractivity contribution >= 4 is 0 Å². The van der Waals surface area contributed by atoms with Gasteiger partial charge in [-0.3, -0.25) is 9.80 Å². The van der Waals surface area contributed by atoms with Gasteiger partial charge in [-0.1, -0.05) is 12.1 Å². The summed E-state index contributed by atoms with van der Waals surface area (Å²) in [6, 6.07) is 6.96. The van der Waals surface area contributed by atoms with Gasteiger partial charge in [0.25, 0.3) is 0 Å². The van der Waals surface area contributed by atoms with Crippen LogP contribution >= 0.6 is 0 Å². The molecule has 1 unspecified atom stereocenters. The standard InChI is InChI=1S/C27H32F6N2O2/c1-16(2)35-12-19-10-21(27(31,32)33)6-8-23(19)25(4,15-35)37-14-17(3)34-11-18-9-20(26(28,29)30)5-7-22(18)24(36)13-34/h5-10,16-17,24,36H,11-15H2,1-4H3/t17?,24-,25-/m1/s1. The molecule has 2 aliphatic heterocycles. The van der Waals surface area contributed by atoms with Gasteiger partial charge in [-0.05, 0) is 74.2 Å². The van der Waals surface area contributed by atoms with Crippen LogP contribution in [0.2, 0.25) is 0 Å². The number of hydrogen-bond donors (Lipinski definition) is 1. The fourth-order valence-corrected chi connectivity index (χ4v) is 5.25. The van der Waals surface area contributed by atoms with Crippen LogP contribution in [-0.4, -0.2) is 46.7 Å². The number of nitrogens with zero attached hydrogens (tertiary/aromatic N) is 2. The molecule has 0 aromatic heterocycles. The predicted octanol–water partition coefficient (Wildman–Crippen LogP) is 6.12. The molecule has 0 spiro atoms. The topological polar surface area (TPSA) is 35.9 Å². The van der Waals surface area contributed by atoms with Crippen LogP contribution in [0.4, 0.5) is 26.3 Å². The lowest BCUT2D eigenvalue weighted by molar-refractivity contribution is -0.138. The predicted molar refractivity (Wildman–Crippen MR) is 127 cm³/mol. The number of β-amino-alcohol motifs (C(OH)–C–C–N with tert-alkyl or cyclic N) is 1. The minimum atomic E-state index is -4.48. The Morgan fingerprint density at radius 3 is 2.08 bits per heavy atom. The highest BCUT2D eigenvalue weighted by Crippen LogP contribution is 2.40. The molecule has 204 valence electrons. The Bertz CT molecular complexity index is 1130. The summed E-state index contributed by atoms with van der Waals surface area (Å²) in [7, 11) is 0. The van der Waals surface area contributed by atoms with E-state index < -0.39 is 35.2 Å². The van der Waals surface area contributed by atoms with Crippen LogP contribution in [0.1, 0.15) is 67.2 Å². The van der Waals surface area contributed by atoms with Crippen molar-refractivity contribution in [3.63, 3.8) is 0 Å². The number of halogens is 6. The number of hydrogen-bond acceptors (Lipinski definition) is 4. The molecule has 1 N–H and O–H groups in total. The van der Waals surface area contributed by atoms with Crippen LogP contribution in [0.3, 0.4) is 0 Å². The molecule has 37 heavy (non-hydrogen) atoms. The van der Waals surface area contributed by atoms with Crippen molar-refractivity contribution in [1.29, 1.82) is 0 Å². The van der Waals surface area contributed by atoms with E-state index in [9.17, 15) is 31.4 Å². The Labute approximate surface area is 212 Å². The minimum absolute atomic E-state index is 0.0830. The van der Waals surface area contributed by atoms with Gasteiger partial charge in [0.2, 0.25) is 0 Å². The van der Waals surface area contributed by atoms with E-state index in [4.69, 9.17) is 4.74 Å². The molecule has 2 aliphatic rings. The molecule has 0 aliphatic carbocycles. The van der Waals surface area contributed by atoms with Gasteiger partial charge in [-0.15, -0.1) is 0 Å². The van der Waals surface area contributed by atoms with E-state index in [1.807, 2.05) is 32.6 Å². The van der Waals surface area contributed by atoms with E-state index in [2.05, 4.69) is 4.90 Å². The zero-order chi connectivity index (χ0) is 27.3. The summed E-state index contributed by atoms with van der Waals surface area (Å²) < 4.78 is 86.1. The summed E-state index contributed by atoms with van der Waals surface area (Å²) >= 11 is 0. The highest BCUT2D eigenvalue weighted by atomic mass is 19.4. The molecule has 2 aromatic carbocycles. The van der Waals surface area contributed by atoms with Crippen molar-refractivity contribution in [3.8, 4) is 0 Å². The average molecular weight is 531 g/mol. The van der Waals surface area contributed by atoms with E-state index in [0.29, 0.717) is 35.3 Å². The first-order chi connectivity index (χ1) is 17.1. The van der Waals surface area contributed by atoms with E-state index in [-0.39, 0.29) is 31.8 Å². The first-order valence-corrected chi connectivity index (χ1v) is 12.3. The van der Waals surface area contributed by atoms with Crippen LogP contribution in [0.5, 0.6) is 0 Å². The number of alkyl halides is 6. The molecule has 0 saturated heterocycles. The first-order valence-electron chi connectivity index (χ1n) is 12.3. The number of aliphatic hydroxyl groups is 1. The number of ether oxygens (including phenoxy) is 1. The third kappa shape index (κ3) is 5.82. The Hall–Kier alpha value is -2.14. The summed E-state index contributed by atoms with van der Waals surface area (Å²) in [6.45, 7) is 9.18. The number of aliphatic hydroxyl groups excluding tert-OH is 1. The number of fused-ring (bicyclic) bond motifs is 2. The summed E-state index contributed by atoms with van der Waals surface area (Å²) in [4.78, 5) is 3.93. The third-order valence-corrected chi connectivity index (χ3v) is 7.49. The van der Waals surface area contributed by atoms with Crippen molar-refractivity contribution in [2.24, 2.45) is 0 Å². The van der Waals surface area contributed by atoms with E-state index in [1.54, 1.807) is 0 Å². The van der Waals surface area contributed by atoms with Gasteiger partial charge in [0.1, 0.15) is 5.60 Å². The van der Waals surface area contributed by atoms with Gasteiger partial charge in [0.05, 0.1) is 23.8 Å². The molecule has 4 nitrogen and oxygen atoms in total. The molecule has 0 saturated carbocycles. The molecule has 0 bridgehead atoms. The second-order valence-corrected chi connectivity index (χ2v) is 10.6. The fraction of sp³-hybridized carbons (Fsp3) is 0.556. The lowest BCUT2D eigenvalue weighted by Gasteiger charge is -2.45. The maximum absolute atomic E-state index is 13.4. The lowest BCUT2D eigenvalue weighted by atomic mass is 9.85. The van der Waals surface area contributed by atoms with Crippen molar-refractivity contribution in [2.45, 2.75) is 76.9 Å². The fourth-order valence-electron chi connectivity index (χ4n) is 5.25. The van der Waals surface area contributed by atoms with Crippen LogP contribution in [0.15, 0.2) is 36.4 Å². The van der Waals surface area contributed by atoms with Crippen LogP contribution in [-0.2, 0) is 35.8 Å². The highest BCUT2D eigenvalue weighted by molar-refractivity contribution is 5.39. The van der Waals surface area contributed by atoms with Gasteiger partial charge >= 0.3 is 12.4 Å². The van der Waals surface area contributed by atoms with Crippen LogP contribution in [0, 0.1) is 0 Å². The normalized spacial score (nSPS) is 24.2. The molecule has 3 atom stereocenters. The van der Waals surface area contributed by atoms with E-state index in [0.717, 1.165) is 18.2 Å². The zero-order valence-corrected chi connectivity index (χ0v) is 21.2. The second kappa shape index (κ2) is 9.87. The maximum Gasteiger partial charge on any atom is 0.416 e. The Balaban J connectivity index is 1.54. The summed E-state index contributed by atoms with van der Waals surface area (Å²) in [5.74, 6) is 0. The van der Waals surface area contributed by atoms with E-state index in [1.165, 1.54) is 18.2 Å². The van der Waals surface area contributed by atoms with Crippen LogP contribution < -0.4 is 0 Å². The zero-order valence-electron chi connectivity index (χ0n) is 21.2. The largest absolute Gasteiger partial charge is 0.416 e. The minimum Gasteiger partial charge on any atom is -0.387 e. The monoisotopic (exact) mass is 530 g/mol. The summed E-state index contributed by atoms with van der Waals surface area (Å²) in [5, 5.41) is 10.6. The van der Waals surface area contributed by atoms with Gasteiger partial charge in [-0.2, -0.15) is 26.3 Å². The first kappa shape index (κ1) is 27.9. The van der Waals surface area contributed by atoms with Crippen molar-refractivity contribution in [3.05, 3.63) is 69.8 Å². The molecule has 10 heteroatoms. The molecule has 2 heterocycles. The SMILES string of the molecule is CC(C)N1Cc2cc(C(F)(F)F)ccc2[C@](C)(OCC(C)N2Cc3cc(C(F)(F)F)ccc3[C@H](O)C2)C1. The molecule has 2 aromatic rings. The second-order valence-electron chi connectivity index (χ2n) is 10.6. The molecular formula is C27H32F6N2O2. The van der Waals surface area contributed by atoms with Gasteiger partial charge < -0.3 is 9.84 Å². The number of benzene rings is 2. The third-order valence-electron chi connectivity index (χ3n) is 7.49. The lowest BCUT2D eigenvalue weighted by Crippen LogP contribution is -2.50. The Morgan fingerprint density at radius 2 is 1.49 bits per heavy atom. The smallest absolute Gasteiger partial charge is 0.387 e. The number of rotatable bonds is 5. The van der Waals surface area contributed by atoms with E-state index >= 15 is 0 Å². The van der Waals surface area contributed by atoms with Crippen molar-refractivity contribution in [1.82, 2.24) is 9.80 Å². The van der Waals surface area contributed by atoms with Crippen molar-refractivity contribution in [2.75, 3.05) is 19.7 Å². The van der Waals surface area contributed by atoms with Gasteiger partial charge in [-0.25, -0.2) is 0 Å². The Kier molecular flexibility index (Phi) is 7.44. The Morgan fingerprint density at radius 1 is 0.919 bits per heavy atom. The maximum atomic E-state index is 13.4. The highest BCUT2D eigenvalue weighted by Gasteiger charge is 2.41. The van der Waals surface area contributed by atoms with Gasteiger partial charge in [0, 0.05) is 38.3 Å². The van der Waals surface area contributed by atoms with Crippen LogP contribution in [0.25, 0.3) is 0 Å². The molecule has 0 amide bonds. The summed E-state index contributed by atoms with van der Waals surface area (Å²) in [5.41, 5.74) is -0.185. The van der Waals surface area contributed by atoms with Crippen molar-refractivity contribution < 1.29 is 36.2 Å².